The van der Waals surface area contributed by atoms with Crippen molar-refractivity contribution in [1.29, 1.82) is 0 Å². The summed E-state index contributed by atoms with van der Waals surface area (Å²) in [4.78, 5) is 37.5. The van der Waals surface area contributed by atoms with Crippen molar-refractivity contribution in [3.8, 4) is 16.9 Å². The second-order valence-corrected chi connectivity index (χ2v) is 6.85. The number of nitrogens with one attached hydrogen (secondary N) is 2. The average molecular weight is 420 g/mol. The summed E-state index contributed by atoms with van der Waals surface area (Å²) < 4.78 is 11.7. The minimum absolute atomic E-state index is 0.0910. The van der Waals surface area contributed by atoms with Crippen LogP contribution in [0.15, 0.2) is 54.7 Å². The Morgan fingerprint density at radius 2 is 1.84 bits per heavy atom. The van der Waals surface area contributed by atoms with E-state index in [2.05, 4.69) is 15.7 Å². The van der Waals surface area contributed by atoms with E-state index in [-0.39, 0.29) is 17.9 Å². The third-order valence-electron chi connectivity index (χ3n) is 5.02. The van der Waals surface area contributed by atoms with E-state index in [0.717, 1.165) is 5.56 Å². The molecule has 0 spiro atoms. The number of aromatic nitrogens is 2. The molecule has 2 heterocycles. The van der Waals surface area contributed by atoms with Gasteiger partial charge < -0.3 is 20.1 Å². The van der Waals surface area contributed by atoms with Gasteiger partial charge in [-0.15, -0.1) is 0 Å². The Morgan fingerprint density at radius 3 is 2.61 bits per heavy atom. The van der Waals surface area contributed by atoms with Crippen molar-refractivity contribution in [2.45, 2.75) is 12.5 Å². The molecule has 9 heteroatoms. The average Bonchev–Trinajstić information content (AvgIpc) is 3.21. The minimum Gasteiger partial charge on any atom is -0.496 e. The number of para-hydroxylation sites is 2. The molecule has 0 aliphatic carbocycles. The number of hydrogen-bond donors (Lipinski definition) is 2. The lowest BCUT2D eigenvalue weighted by atomic mass is 10.1. The van der Waals surface area contributed by atoms with E-state index in [1.54, 1.807) is 43.6 Å². The molecule has 0 radical (unpaired) electrons. The van der Waals surface area contributed by atoms with Crippen LogP contribution in [0.25, 0.3) is 11.1 Å². The van der Waals surface area contributed by atoms with E-state index in [4.69, 9.17) is 9.47 Å². The number of anilines is 2. The molecule has 1 aliphatic heterocycles. The molecular weight excluding hydrogens is 400 g/mol. The van der Waals surface area contributed by atoms with Crippen LogP contribution in [-0.4, -0.2) is 41.8 Å². The zero-order chi connectivity index (χ0) is 22.0. The van der Waals surface area contributed by atoms with Gasteiger partial charge in [-0.2, -0.15) is 5.10 Å². The SMILES string of the molecule is COC(=O)c1ccccc1NC(=O)[C@@H]1CC(=O)Nc2c(-c3ccccc3OC)cnn21. The van der Waals surface area contributed by atoms with E-state index < -0.39 is 17.9 Å². The van der Waals surface area contributed by atoms with E-state index in [9.17, 15) is 14.4 Å². The summed E-state index contributed by atoms with van der Waals surface area (Å²) in [7, 11) is 2.82. The summed E-state index contributed by atoms with van der Waals surface area (Å²) in [5.41, 5.74) is 1.89. The Labute approximate surface area is 178 Å². The maximum Gasteiger partial charge on any atom is 0.339 e. The van der Waals surface area contributed by atoms with Crippen LogP contribution >= 0.6 is 0 Å². The monoisotopic (exact) mass is 420 g/mol. The fourth-order valence-corrected chi connectivity index (χ4v) is 3.53. The molecular formula is C22H20N4O5. The summed E-state index contributed by atoms with van der Waals surface area (Å²) in [6.07, 6.45) is 1.49. The molecule has 9 nitrogen and oxygen atoms in total. The van der Waals surface area contributed by atoms with Crippen LogP contribution in [0.1, 0.15) is 22.8 Å². The van der Waals surface area contributed by atoms with Gasteiger partial charge in [0.15, 0.2) is 0 Å². The smallest absolute Gasteiger partial charge is 0.339 e. The highest BCUT2D eigenvalue weighted by Gasteiger charge is 2.34. The van der Waals surface area contributed by atoms with Gasteiger partial charge in [0.05, 0.1) is 38.1 Å². The highest BCUT2D eigenvalue weighted by molar-refractivity contribution is 6.06. The van der Waals surface area contributed by atoms with Crippen LogP contribution in [0, 0.1) is 0 Å². The Bertz CT molecular complexity index is 1170. The fraction of sp³-hybridized carbons (Fsp3) is 0.182. The van der Waals surface area contributed by atoms with Crippen LogP contribution in [0.4, 0.5) is 11.5 Å². The summed E-state index contributed by atoms with van der Waals surface area (Å²) in [6, 6.07) is 12.9. The summed E-state index contributed by atoms with van der Waals surface area (Å²) in [6.45, 7) is 0. The third kappa shape index (κ3) is 3.73. The van der Waals surface area contributed by atoms with Gasteiger partial charge in [-0.1, -0.05) is 30.3 Å². The van der Waals surface area contributed by atoms with E-state index in [0.29, 0.717) is 22.8 Å². The van der Waals surface area contributed by atoms with Crippen molar-refractivity contribution in [1.82, 2.24) is 9.78 Å². The van der Waals surface area contributed by atoms with Gasteiger partial charge in [0.2, 0.25) is 11.8 Å². The van der Waals surface area contributed by atoms with Crippen molar-refractivity contribution < 1.29 is 23.9 Å². The van der Waals surface area contributed by atoms with Crippen LogP contribution in [-0.2, 0) is 14.3 Å². The first-order valence-corrected chi connectivity index (χ1v) is 9.52. The van der Waals surface area contributed by atoms with E-state index in [1.807, 2.05) is 18.2 Å². The standard InChI is InChI=1S/C22H20N4O5/c1-30-18-10-6-4-7-13(18)15-12-23-26-17(11-19(27)25-20(15)26)21(28)24-16-9-5-3-8-14(16)22(29)31-2/h3-10,12,17H,11H2,1-2H3,(H,24,28)(H,25,27)/t17-/m0/s1. The number of esters is 1. The van der Waals surface area contributed by atoms with Gasteiger partial charge in [-0.05, 0) is 18.2 Å². The van der Waals surface area contributed by atoms with Gasteiger partial charge in [0.1, 0.15) is 17.6 Å². The number of ether oxygens (including phenoxy) is 2. The van der Waals surface area contributed by atoms with Gasteiger partial charge in [-0.3, -0.25) is 9.59 Å². The highest BCUT2D eigenvalue weighted by atomic mass is 16.5. The molecule has 0 saturated heterocycles. The van der Waals surface area contributed by atoms with Crippen LogP contribution in [0.5, 0.6) is 5.75 Å². The number of methoxy groups -OCH3 is 2. The molecule has 3 aromatic rings. The number of hydrogen-bond acceptors (Lipinski definition) is 6. The Morgan fingerprint density at radius 1 is 1.10 bits per heavy atom. The predicted octanol–water partition coefficient (Wildman–Crippen LogP) is 2.87. The number of rotatable bonds is 5. The second kappa shape index (κ2) is 8.31. The maximum absolute atomic E-state index is 13.1. The highest BCUT2D eigenvalue weighted by Crippen LogP contribution is 2.38. The first-order chi connectivity index (χ1) is 15.0. The molecule has 1 atom stereocenters. The van der Waals surface area contributed by atoms with E-state index >= 15 is 0 Å². The number of benzene rings is 2. The number of carbonyl (C=O) groups excluding carboxylic acids is 3. The van der Waals surface area contributed by atoms with Gasteiger partial charge in [-0.25, -0.2) is 9.48 Å². The lowest BCUT2D eigenvalue weighted by molar-refractivity contribution is -0.125. The normalized spacial score (nSPS) is 14.9. The third-order valence-corrected chi connectivity index (χ3v) is 5.02. The fourth-order valence-electron chi connectivity index (χ4n) is 3.53. The zero-order valence-electron chi connectivity index (χ0n) is 16.9. The van der Waals surface area contributed by atoms with Gasteiger partial charge in [0, 0.05) is 11.1 Å². The molecule has 0 saturated carbocycles. The lowest BCUT2D eigenvalue weighted by Crippen LogP contribution is -2.36. The first-order valence-electron chi connectivity index (χ1n) is 9.52. The number of nitrogens with zero attached hydrogens (tertiary/aromatic N) is 2. The second-order valence-electron chi connectivity index (χ2n) is 6.85. The Balaban J connectivity index is 1.69. The van der Waals surface area contributed by atoms with Crippen molar-refractivity contribution in [3.63, 3.8) is 0 Å². The molecule has 4 rings (SSSR count). The predicted molar refractivity (Wildman–Crippen MR) is 113 cm³/mol. The van der Waals surface area contributed by atoms with Crippen LogP contribution < -0.4 is 15.4 Å². The van der Waals surface area contributed by atoms with Crippen LogP contribution in [0.2, 0.25) is 0 Å². The summed E-state index contributed by atoms with van der Waals surface area (Å²) in [5, 5.41) is 9.88. The summed E-state index contributed by atoms with van der Waals surface area (Å²) in [5.74, 6) is -0.337. The molecule has 0 fully saturated rings. The molecule has 1 aromatic heterocycles. The lowest BCUT2D eigenvalue weighted by Gasteiger charge is -2.25. The van der Waals surface area contributed by atoms with Crippen molar-refractivity contribution in [2.75, 3.05) is 24.9 Å². The number of carbonyl (C=O) groups is 3. The largest absolute Gasteiger partial charge is 0.496 e. The minimum atomic E-state index is -0.891. The topological polar surface area (TPSA) is 112 Å². The van der Waals surface area contributed by atoms with Crippen molar-refractivity contribution in [2.24, 2.45) is 0 Å². The molecule has 1 aliphatic rings. The number of fused-ring (bicyclic) bond motifs is 1. The number of amides is 2. The molecule has 0 unspecified atom stereocenters. The van der Waals surface area contributed by atoms with Gasteiger partial charge in [0.25, 0.3) is 0 Å². The molecule has 2 aromatic carbocycles. The quantitative estimate of drug-likeness (QED) is 0.614. The van der Waals surface area contributed by atoms with Crippen molar-refractivity contribution in [3.05, 3.63) is 60.3 Å². The molecule has 2 N–H and O–H groups in total. The van der Waals surface area contributed by atoms with E-state index in [1.165, 1.54) is 11.8 Å². The maximum atomic E-state index is 13.1. The first kappa shape index (κ1) is 20.1. The molecule has 2 amide bonds. The molecule has 158 valence electrons. The zero-order valence-corrected chi connectivity index (χ0v) is 16.9. The van der Waals surface area contributed by atoms with Gasteiger partial charge >= 0.3 is 5.97 Å². The summed E-state index contributed by atoms with van der Waals surface area (Å²) >= 11 is 0. The van der Waals surface area contributed by atoms with Crippen LogP contribution in [0.3, 0.4) is 0 Å². The molecule has 31 heavy (non-hydrogen) atoms. The van der Waals surface area contributed by atoms with Crippen molar-refractivity contribution >= 4 is 29.3 Å². The Hall–Kier alpha value is -4.14. The Kier molecular flexibility index (Phi) is 5.40. The molecule has 0 bridgehead atoms.